The van der Waals surface area contributed by atoms with Gasteiger partial charge in [0.15, 0.2) is 5.82 Å². The van der Waals surface area contributed by atoms with E-state index in [4.69, 9.17) is 11.6 Å². The number of hydrogen-bond acceptors (Lipinski definition) is 6. The molecule has 140 valence electrons. The minimum absolute atomic E-state index is 0.0786. The standard InChI is InChI=1S/C16H12ClFN4O2S3/c17-12-8-11(3-4-13(12)18)27(23,24)19-6-5-10-9-26-16-20-15(21-22(10)16)14-2-1-7-25-14/h1-4,7-9,19H,5-6H2. The molecule has 0 saturated carbocycles. The molecule has 1 N–H and O–H groups in total. The van der Waals surface area contributed by atoms with Gasteiger partial charge in [-0.3, -0.25) is 0 Å². The lowest BCUT2D eigenvalue weighted by Gasteiger charge is -2.07. The highest BCUT2D eigenvalue weighted by Crippen LogP contribution is 2.24. The second-order valence-electron chi connectivity index (χ2n) is 5.56. The second-order valence-corrected chi connectivity index (χ2v) is 9.52. The maximum Gasteiger partial charge on any atom is 0.240 e. The zero-order chi connectivity index (χ0) is 19.0. The average molecular weight is 443 g/mol. The number of fused-ring (bicyclic) bond motifs is 1. The Labute approximate surface area is 167 Å². The Morgan fingerprint density at radius 2 is 2.11 bits per heavy atom. The monoisotopic (exact) mass is 442 g/mol. The molecule has 0 aliphatic carbocycles. The van der Waals surface area contributed by atoms with E-state index in [0.717, 1.165) is 27.7 Å². The molecule has 0 saturated heterocycles. The van der Waals surface area contributed by atoms with Crippen molar-refractivity contribution in [3.05, 3.63) is 57.6 Å². The number of halogens is 2. The molecule has 0 atom stereocenters. The molecular formula is C16H12ClFN4O2S3. The lowest BCUT2D eigenvalue weighted by molar-refractivity contribution is 0.580. The van der Waals surface area contributed by atoms with Gasteiger partial charge in [-0.1, -0.05) is 17.7 Å². The molecule has 3 aromatic heterocycles. The molecule has 0 amide bonds. The number of thiazole rings is 1. The Bertz CT molecular complexity index is 1200. The Morgan fingerprint density at radius 1 is 1.26 bits per heavy atom. The van der Waals surface area contributed by atoms with Crippen molar-refractivity contribution in [3.63, 3.8) is 0 Å². The van der Waals surface area contributed by atoms with Gasteiger partial charge in [-0.2, -0.15) is 4.98 Å². The van der Waals surface area contributed by atoms with Crippen molar-refractivity contribution < 1.29 is 12.8 Å². The normalized spacial score (nSPS) is 12.1. The van der Waals surface area contributed by atoms with Crippen molar-refractivity contribution in [2.45, 2.75) is 11.3 Å². The van der Waals surface area contributed by atoms with Crippen molar-refractivity contribution in [3.8, 4) is 10.7 Å². The van der Waals surface area contributed by atoms with E-state index in [9.17, 15) is 12.8 Å². The summed E-state index contributed by atoms with van der Waals surface area (Å²) in [4.78, 5) is 6.14. The van der Waals surface area contributed by atoms with E-state index in [2.05, 4.69) is 14.8 Å². The fourth-order valence-electron chi connectivity index (χ4n) is 2.45. The van der Waals surface area contributed by atoms with Crippen LogP contribution in [-0.2, 0) is 16.4 Å². The number of nitrogens with zero attached hydrogens (tertiary/aromatic N) is 3. The Morgan fingerprint density at radius 3 is 2.85 bits per heavy atom. The van der Waals surface area contributed by atoms with Crippen LogP contribution >= 0.6 is 34.3 Å². The highest BCUT2D eigenvalue weighted by molar-refractivity contribution is 7.89. The second kappa shape index (κ2) is 7.28. The smallest absolute Gasteiger partial charge is 0.211 e. The predicted octanol–water partition coefficient (Wildman–Crippen LogP) is 3.83. The van der Waals surface area contributed by atoms with Crippen LogP contribution in [0.5, 0.6) is 0 Å². The molecule has 3 heterocycles. The summed E-state index contributed by atoms with van der Waals surface area (Å²) in [5.41, 5.74) is 0.852. The van der Waals surface area contributed by atoms with Gasteiger partial charge >= 0.3 is 0 Å². The Balaban J connectivity index is 1.48. The van der Waals surface area contributed by atoms with Crippen LogP contribution in [-0.4, -0.2) is 29.6 Å². The number of hydrogen-bond donors (Lipinski definition) is 1. The van der Waals surface area contributed by atoms with E-state index < -0.39 is 15.8 Å². The fraction of sp³-hybridized carbons (Fsp3) is 0.125. The van der Waals surface area contributed by atoms with Crippen LogP contribution in [0, 0.1) is 5.82 Å². The first kappa shape index (κ1) is 18.5. The molecule has 4 rings (SSSR count). The predicted molar refractivity (Wildman–Crippen MR) is 104 cm³/mol. The van der Waals surface area contributed by atoms with Gasteiger partial charge in [0.05, 0.1) is 20.5 Å². The largest absolute Gasteiger partial charge is 0.240 e. The van der Waals surface area contributed by atoms with Crippen LogP contribution < -0.4 is 4.72 Å². The molecule has 0 spiro atoms. The molecule has 6 nitrogen and oxygen atoms in total. The molecule has 1 aromatic carbocycles. The lowest BCUT2D eigenvalue weighted by Crippen LogP contribution is -2.26. The van der Waals surface area contributed by atoms with Crippen molar-refractivity contribution in [2.75, 3.05) is 6.54 Å². The van der Waals surface area contributed by atoms with Crippen LogP contribution in [0.25, 0.3) is 15.7 Å². The molecule has 0 unspecified atom stereocenters. The number of aromatic nitrogens is 3. The summed E-state index contributed by atoms with van der Waals surface area (Å²) < 4.78 is 42.1. The van der Waals surface area contributed by atoms with Crippen molar-refractivity contribution in [2.24, 2.45) is 0 Å². The minimum Gasteiger partial charge on any atom is -0.211 e. The van der Waals surface area contributed by atoms with Crippen LogP contribution in [0.15, 0.2) is 46.0 Å². The van der Waals surface area contributed by atoms with Gasteiger partial charge in [-0.25, -0.2) is 22.0 Å². The van der Waals surface area contributed by atoms with E-state index in [0.29, 0.717) is 12.2 Å². The molecular weight excluding hydrogens is 431 g/mol. The third kappa shape index (κ3) is 3.76. The molecule has 0 aliphatic rings. The quantitative estimate of drug-likeness (QED) is 0.492. The van der Waals surface area contributed by atoms with Crippen molar-refractivity contribution in [1.29, 1.82) is 0 Å². The Hall–Kier alpha value is -1.85. The summed E-state index contributed by atoms with van der Waals surface area (Å²) in [5, 5.41) is 8.12. The number of benzene rings is 1. The minimum atomic E-state index is -3.78. The van der Waals surface area contributed by atoms with E-state index in [-0.39, 0.29) is 16.5 Å². The zero-order valence-corrected chi connectivity index (χ0v) is 16.8. The summed E-state index contributed by atoms with van der Waals surface area (Å²) in [5.74, 6) is -0.0105. The number of thiophene rings is 1. The summed E-state index contributed by atoms with van der Waals surface area (Å²) in [6, 6.07) is 7.18. The van der Waals surface area contributed by atoms with Gasteiger partial charge in [0.1, 0.15) is 5.82 Å². The summed E-state index contributed by atoms with van der Waals surface area (Å²) in [6.07, 6.45) is 0.432. The van der Waals surface area contributed by atoms with Crippen LogP contribution in [0.2, 0.25) is 5.02 Å². The van der Waals surface area contributed by atoms with Crippen molar-refractivity contribution >= 4 is 49.3 Å². The highest BCUT2D eigenvalue weighted by atomic mass is 35.5. The van der Waals surface area contributed by atoms with E-state index in [1.54, 1.807) is 15.9 Å². The van der Waals surface area contributed by atoms with Crippen molar-refractivity contribution in [1.82, 2.24) is 19.3 Å². The summed E-state index contributed by atoms with van der Waals surface area (Å²) in [7, 11) is -3.78. The number of sulfonamides is 1. The number of nitrogens with one attached hydrogen (secondary N) is 1. The molecule has 0 bridgehead atoms. The molecule has 11 heteroatoms. The average Bonchev–Trinajstić information content (AvgIpc) is 3.34. The first-order chi connectivity index (χ1) is 12.9. The SMILES string of the molecule is O=S(=O)(NCCc1csc2nc(-c3cccs3)nn12)c1ccc(F)c(Cl)c1. The van der Waals surface area contributed by atoms with Gasteiger partial charge in [-0.05, 0) is 29.6 Å². The van der Waals surface area contributed by atoms with Gasteiger partial charge < -0.3 is 0 Å². The first-order valence-electron chi connectivity index (χ1n) is 7.76. The fourth-order valence-corrected chi connectivity index (χ4v) is 5.26. The lowest BCUT2D eigenvalue weighted by atomic mass is 10.3. The third-order valence-corrected chi connectivity index (χ3v) is 7.25. The molecule has 0 radical (unpaired) electrons. The van der Waals surface area contributed by atoms with Gasteiger partial charge in [0.2, 0.25) is 15.0 Å². The summed E-state index contributed by atoms with van der Waals surface area (Å²) >= 11 is 8.67. The van der Waals surface area contributed by atoms with Crippen LogP contribution in [0.1, 0.15) is 5.69 Å². The topological polar surface area (TPSA) is 76.4 Å². The van der Waals surface area contributed by atoms with E-state index in [1.165, 1.54) is 17.4 Å². The van der Waals surface area contributed by atoms with E-state index in [1.807, 2.05) is 22.9 Å². The van der Waals surface area contributed by atoms with Crippen LogP contribution in [0.3, 0.4) is 0 Å². The molecule has 0 aliphatic heterocycles. The molecule has 4 aromatic rings. The van der Waals surface area contributed by atoms with Crippen LogP contribution in [0.4, 0.5) is 4.39 Å². The molecule has 0 fully saturated rings. The maximum absolute atomic E-state index is 13.2. The van der Waals surface area contributed by atoms with Gasteiger partial charge in [0, 0.05) is 18.3 Å². The number of rotatable bonds is 6. The summed E-state index contributed by atoms with van der Waals surface area (Å²) in [6.45, 7) is 0.164. The molecule has 27 heavy (non-hydrogen) atoms. The van der Waals surface area contributed by atoms with Gasteiger partial charge in [0.25, 0.3) is 0 Å². The maximum atomic E-state index is 13.2. The third-order valence-electron chi connectivity index (χ3n) is 3.77. The van der Waals surface area contributed by atoms with Gasteiger partial charge in [-0.15, -0.1) is 27.8 Å². The zero-order valence-electron chi connectivity index (χ0n) is 13.6. The van der Waals surface area contributed by atoms with E-state index >= 15 is 0 Å². The Kier molecular flexibility index (Phi) is 4.99. The highest BCUT2D eigenvalue weighted by Gasteiger charge is 2.17. The first-order valence-corrected chi connectivity index (χ1v) is 11.4.